The van der Waals surface area contributed by atoms with Gasteiger partial charge in [0.1, 0.15) is 6.10 Å². The molecule has 0 amide bonds. The van der Waals surface area contributed by atoms with E-state index < -0.39 is 0 Å². The highest BCUT2D eigenvalue weighted by Gasteiger charge is 2.26. The third kappa shape index (κ3) is 2.34. The van der Waals surface area contributed by atoms with Gasteiger partial charge in [0, 0.05) is 25.0 Å². The summed E-state index contributed by atoms with van der Waals surface area (Å²) in [5.41, 5.74) is -0.0828. The molecule has 1 aromatic rings. The highest BCUT2D eigenvalue weighted by atomic mass is 16.5. The van der Waals surface area contributed by atoms with Gasteiger partial charge in [0.25, 0.3) is 5.88 Å². The van der Waals surface area contributed by atoms with Crippen LogP contribution in [-0.2, 0) is 0 Å². The lowest BCUT2D eigenvalue weighted by Gasteiger charge is -2.23. The molecule has 1 atom stereocenters. The van der Waals surface area contributed by atoms with Gasteiger partial charge in [-0.1, -0.05) is 0 Å². The Balaban J connectivity index is 1.77. The van der Waals surface area contributed by atoms with Crippen LogP contribution in [0.1, 0.15) is 31.7 Å². The smallest absolute Gasteiger partial charge is 0.313 e. The molecule has 1 aliphatic heterocycles. The van der Waals surface area contributed by atoms with Crippen molar-refractivity contribution in [3.05, 3.63) is 22.7 Å². The molecule has 2 heterocycles. The van der Waals surface area contributed by atoms with Crippen LogP contribution >= 0.6 is 0 Å². The molecule has 2 fully saturated rings. The molecule has 17 heavy (non-hydrogen) atoms. The largest absolute Gasteiger partial charge is 0.469 e. The number of hydrogen-bond acceptors (Lipinski definition) is 4. The van der Waals surface area contributed by atoms with Gasteiger partial charge in [-0.05, 0) is 32.2 Å². The monoisotopic (exact) mass is 235 g/mol. The molecule has 2 aliphatic rings. The first-order valence-electron chi connectivity index (χ1n) is 6.29. The Morgan fingerprint density at radius 3 is 3.00 bits per heavy atom. The molecule has 1 unspecified atom stereocenters. The number of piperidine rings is 1. The van der Waals surface area contributed by atoms with E-state index in [2.05, 4.69) is 10.3 Å². The number of rotatable bonds is 3. The van der Waals surface area contributed by atoms with E-state index in [1.807, 2.05) is 0 Å². The summed E-state index contributed by atoms with van der Waals surface area (Å²) in [7, 11) is 0. The maximum absolute atomic E-state index is 12.1. The van der Waals surface area contributed by atoms with E-state index in [1.165, 1.54) is 0 Å². The Morgan fingerprint density at radius 1 is 1.41 bits per heavy atom. The van der Waals surface area contributed by atoms with Gasteiger partial charge < -0.3 is 14.6 Å². The van der Waals surface area contributed by atoms with Crippen LogP contribution in [-0.4, -0.2) is 28.7 Å². The first-order valence-corrected chi connectivity index (χ1v) is 6.29. The zero-order chi connectivity index (χ0) is 11.7. The van der Waals surface area contributed by atoms with E-state index in [0.717, 1.165) is 38.8 Å². The Bertz CT molecular complexity index is 447. The minimum absolute atomic E-state index is 0.0824. The molecule has 1 aromatic heterocycles. The molecule has 1 saturated heterocycles. The standard InChI is InChI=1S/C12H17N3O2/c16-12-11(17-10-2-1-5-13-8-10)14-6-7-15(12)9-3-4-9/h6-7,9-10,13H,1-5,8H2. The first kappa shape index (κ1) is 10.8. The van der Waals surface area contributed by atoms with Gasteiger partial charge in [0.2, 0.25) is 0 Å². The molecule has 5 heteroatoms. The van der Waals surface area contributed by atoms with E-state index >= 15 is 0 Å². The summed E-state index contributed by atoms with van der Waals surface area (Å²) in [6.45, 7) is 1.84. The molecule has 0 radical (unpaired) electrons. The van der Waals surface area contributed by atoms with Gasteiger partial charge in [-0.25, -0.2) is 4.98 Å². The highest BCUT2D eigenvalue weighted by molar-refractivity contribution is 5.07. The van der Waals surface area contributed by atoms with Crippen LogP contribution in [0.25, 0.3) is 0 Å². The lowest BCUT2D eigenvalue weighted by molar-refractivity contribution is 0.157. The van der Waals surface area contributed by atoms with Crippen molar-refractivity contribution in [2.75, 3.05) is 13.1 Å². The maximum atomic E-state index is 12.1. The topological polar surface area (TPSA) is 56.1 Å². The van der Waals surface area contributed by atoms with Gasteiger partial charge in [-0.3, -0.25) is 4.79 Å². The number of nitrogens with one attached hydrogen (secondary N) is 1. The quantitative estimate of drug-likeness (QED) is 0.838. The summed E-state index contributed by atoms with van der Waals surface area (Å²) in [6.07, 6.45) is 7.76. The molecule has 1 N–H and O–H groups in total. The second kappa shape index (κ2) is 4.49. The van der Waals surface area contributed by atoms with E-state index in [9.17, 15) is 4.79 Å². The van der Waals surface area contributed by atoms with Crippen molar-refractivity contribution in [1.29, 1.82) is 0 Å². The third-order valence-electron chi connectivity index (χ3n) is 3.31. The Labute approximate surface area is 99.8 Å². The molecule has 1 aliphatic carbocycles. The summed E-state index contributed by atoms with van der Waals surface area (Å²) in [5.74, 6) is 0.258. The molecule has 0 spiro atoms. The van der Waals surface area contributed by atoms with Crippen molar-refractivity contribution >= 4 is 0 Å². The first-order chi connectivity index (χ1) is 8.34. The second-order valence-electron chi connectivity index (χ2n) is 4.76. The highest BCUT2D eigenvalue weighted by Crippen LogP contribution is 2.33. The lowest BCUT2D eigenvalue weighted by atomic mass is 10.1. The van der Waals surface area contributed by atoms with Gasteiger partial charge in [0.05, 0.1) is 0 Å². The zero-order valence-electron chi connectivity index (χ0n) is 9.76. The molecule has 0 bridgehead atoms. The van der Waals surface area contributed by atoms with Crippen LogP contribution in [0.2, 0.25) is 0 Å². The Kier molecular flexibility index (Phi) is 2.84. The summed E-state index contributed by atoms with van der Waals surface area (Å²) < 4.78 is 7.45. The summed E-state index contributed by atoms with van der Waals surface area (Å²) in [5, 5.41) is 3.26. The van der Waals surface area contributed by atoms with Crippen molar-refractivity contribution in [3.8, 4) is 5.88 Å². The van der Waals surface area contributed by atoms with Gasteiger partial charge >= 0.3 is 5.56 Å². The third-order valence-corrected chi connectivity index (χ3v) is 3.31. The van der Waals surface area contributed by atoms with Crippen LogP contribution in [0.3, 0.4) is 0 Å². The van der Waals surface area contributed by atoms with E-state index in [4.69, 9.17) is 4.74 Å². The van der Waals surface area contributed by atoms with Crippen LogP contribution < -0.4 is 15.6 Å². The second-order valence-corrected chi connectivity index (χ2v) is 4.76. The van der Waals surface area contributed by atoms with Gasteiger partial charge in [-0.15, -0.1) is 0 Å². The SMILES string of the molecule is O=c1c(OC2CCCNC2)nccn1C1CC1. The zero-order valence-corrected chi connectivity index (χ0v) is 9.76. The summed E-state index contributed by atoms with van der Waals surface area (Å²) >= 11 is 0. The van der Waals surface area contributed by atoms with Crippen LogP contribution in [0.5, 0.6) is 5.88 Å². The fourth-order valence-corrected chi connectivity index (χ4v) is 2.21. The molecular formula is C12H17N3O2. The van der Waals surface area contributed by atoms with E-state index in [0.29, 0.717) is 6.04 Å². The predicted octanol–water partition coefficient (Wildman–Crippen LogP) is 0.709. The number of nitrogens with zero attached hydrogens (tertiary/aromatic N) is 2. The van der Waals surface area contributed by atoms with Crippen molar-refractivity contribution in [2.24, 2.45) is 0 Å². The van der Waals surface area contributed by atoms with E-state index in [-0.39, 0.29) is 17.5 Å². The maximum Gasteiger partial charge on any atom is 0.313 e. The Hall–Kier alpha value is -1.36. The molecular weight excluding hydrogens is 218 g/mol. The number of ether oxygens (including phenoxy) is 1. The van der Waals surface area contributed by atoms with Crippen LogP contribution in [0, 0.1) is 0 Å². The lowest BCUT2D eigenvalue weighted by Crippen LogP contribution is -2.38. The summed E-state index contributed by atoms with van der Waals surface area (Å²) in [6, 6.07) is 0.373. The fourth-order valence-electron chi connectivity index (χ4n) is 2.21. The van der Waals surface area contributed by atoms with Crippen molar-refractivity contribution in [1.82, 2.24) is 14.9 Å². The van der Waals surface area contributed by atoms with Crippen LogP contribution in [0.4, 0.5) is 0 Å². The average molecular weight is 235 g/mol. The number of hydrogen-bond donors (Lipinski definition) is 1. The Morgan fingerprint density at radius 2 is 2.29 bits per heavy atom. The van der Waals surface area contributed by atoms with Gasteiger partial charge in [0.15, 0.2) is 0 Å². The molecule has 1 saturated carbocycles. The van der Waals surface area contributed by atoms with Crippen molar-refractivity contribution in [2.45, 2.75) is 37.8 Å². The van der Waals surface area contributed by atoms with Crippen LogP contribution in [0.15, 0.2) is 17.2 Å². The molecule has 92 valence electrons. The van der Waals surface area contributed by atoms with Crippen molar-refractivity contribution < 1.29 is 4.74 Å². The van der Waals surface area contributed by atoms with Gasteiger partial charge in [-0.2, -0.15) is 0 Å². The number of aromatic nitrogens is 2. The molecule has 3 rings (SSSR count). The fraction of sp³-hybridized carbons (Fsp3) is 0.667. The predicted molar refractivity (Wildman–Crippen MR) is 63.3 cm³/mol. The molecule has 5 nitrogen and oxygen atoms in total. The normalized spacial score (nSPS) is 24.6. The van der Waals surface area contributed by atoms with Crippen molar-refractivity contribution in [3.63, 3.8) is 0 Å². The minimum Gasteiger partial charge on any atom is -0.469 e. The minimum atomic E-state index is -0.0828. The molecule has 0 aromatic carbocycles. The van der Waals surface area contributed by atoms with E-state index in [1.54, 1.807) is 17.0 Å². The summed E-state index contributed by atoms with van der Waals surface area (Å²) in [4.78, 5) is 16.1. The average Bonchev–Trinajstić information content (AvgIpc) is 3.17.